The van der Waals surface area contributed by atoms with Gasteiger partial charge < -0.3 is 10.6 Å². The van der Waals surface area contributed by atoms with Crippen LogP contribution in [0.5, 0.6) is 0 Å². The van der Waals surface area contributed by atoms with Gasteiger partial charge in [0.05, 0.1) is 0 Å². The maximum Gasteiger partial charge on any atom is 0.131 e. The minimum absolute atomic E-state index is 0.618. The van der Waals surface area contributed by atoms with Crippen molar-refractivity contribution in [2.75, 3.05) is 23.7 Å². The Bertz CT molecular complexity index is 273. The molecule has 0 fully saturated rings. The smallest absolute Gasteiger partial charge is 0.131 e. The summed E-state index contributed by atoms with van der Waals surface area (Å²) in [5.41, 5.74) is 0. The lowest BCUT2D eigenvalue weighted by atomic mass is 10.2. The third-order valence-electron chi connectivity index (χ3n) is 1.72. The maximum absolute atomic E-state index is 4.13. The van der Waals surface area contributed by atoms with Crippen LogP contribution in [0.15, 0.2) is 12.4 Å². The van der Waals surface area contributed by atoms with E-state index < -0.39 is 0 Å². The van der Waals surface area contributed by atoms with E-state index in [0.29, 0.717) is 5.92 Å². The SMILES string of the molecule is CCNc1cc(NCC(C)C)ncn1. The van der Waals surface area contributed by atoms with Gasteiger partial charge in [-0.05, 0) is 12.8 Å². The summed E-state index contributed by atoms with van der Waals surface area (Å²) in [6.07, 6.45) is 1.57. The fourth-order valence-corrected chi connectivity index (χ4v) is 1.04. The average molecular weight is 194 g/mol. The number of nitrogens with one attached hydrogen (secondary N) is 2. The molecule has 0 aliphatic rings. The van der Waals surface area contributed by atoms with E-state index in [1.807, 2.05) is 13.0 Å². The first-order chi connectivity index (χ1) is 6.72. The first-order valence-corrected chi connectivity index (χ1v) is 5.02. The predicted molar refractivity (Wildman–Crippen MR) is 59.5 cm³/mol. The first-order valence-electron chi connectivity index (χ1n) is 5.02. The van der Waals surface area contributed by atoms with E-state index in [1.54, 1.807) is 6.33 Å². The molecule has 0 amide bonds. The molecule has 0 saturated carbocycles. The van der Waals surface area contributed by atoms with Crippen LogP contribution < -0.4 is 10.6 Å². The van der Waals surface area contributed by atoms with Gasteiger partial charge in [-0.25, -0.2) is 9.97 Å². The fourth-order valence-electron chi connectivity index (χ4n) is 1.04. The van der Waals surface area contributed by atoms with Gasteiger partial charge in [-0.1, -0.05) is 13.8 Å². The van der Waals surface area contributed by atoms with Crippen molar-refractivity contribution in [1.82, 2.24) is 9.97 Å². The van der Waals surface area contributed by atoms with Crippen molar-refractivity contribution in [1.29, 1.82) is 0 Å². The van der Waals surface area contributed by atoms with Crippen LogP contribution in [0.4, 0.5) is 11.6 Å². The molecule has 0 unspecified atom stereocenters. The summed E-state index contributed by atoms with van der Waals surface area (Å²) in [5, 5.41) is 6.40. The van der Waals surface area contributed by atoms with Crippen molar-refractivity contribution in [3.8, 4) is 0 Å². The molecule has 1 aromatic heterocycles. The summed E-state index contributed by atoms with van der Waals surface area (Å²) in [7, 11) is 0. The molecule has 0 aliphatic carbocycles. The molecule has 1 rings (SSSR count). The number of rotatable bonds is 5. The second kappa shape index (κ2) is 5.42. The van der Waals surface area contributed by atoms with Crippen LogP contribution in [0.2, 0.25) is 0 Å². The Morgan fingerprint density at radius 2 is 1.86 bits per heavy atom. The summed E-state index contributed by atoms with van der Waals surface area (Å²) in [5.74, 6) is 2.37. The van der Waals surface area contributed by atoms with E-state index in [-0.39, 0.29) is 0 Å². The molecule has 4 nitrogen and oxygen atoms in total. The van der Waals surface area contributed by atoms with Crippen molar-refractivity contribution >= 4 is 11.6 Å². The Morgan fingerprint density at radius 3 is 2.43 bits per heavy atom. The predicted octanol–water partition coefficient (Wildman–Crippen LogP) is 1.98. The normalized spacial score (nSPS) is 10.3. The standard InChI is InChI=1S/C10H18N4/c1-4-11-9-5-10(14-7-13-9)12-6-8(2)3/h5,7-8H,4,6H2,1-3H3,(H2,11,12,13,14). The lowest BCUT2D eigenvalue weighted by molar-refractivity contribution is 0.687. The lowest BCUT2D eigenvalue weighted by Crippen LogP contribution is -2.10. The summed E-state index contributed by atoms with van der Waals surface area (Å²) in [6, 6.07) is 1.92. The maximum atomic E-state index is 4.13. The summed E-state index contributed by atoms with van der Waals surface area (Å²) in [4.78, 5) is 8.23. The quantitative estimate of drug-likeness (QED) is 0.752. The highest BCUT2D eigenvalue weighted by Crippen LogP contribution is 2.08. The van der Waals surface area contributed by atoms with Gasteiger partial charge in [0.25, 0.3) is 0 Å². The van der Waals surface area contributed by atoms with E-state index in [4.69, 9.17) is 0 Å². The van der Waals surface area contributed by atoms with Gasteiger partial charge in [0, 0.05) is 19.2 Å². The fraction of sp³-hybridized carbons (Fsp3) is 0.600. The highest BCUT2D eigenvalue weighted by atomic mass is 15.1. The van der Waals surface area contributed by atoms with E-state index >= 15 is 0 Å². The second-order valence-corrected chi connectivity index (χ2v) is 3.59. The van der Waals surface area contributed by atoms with E-state index in [0.717, 1.165) is 24.7 Å². The van der Waals surface area contributed by atoms with Crippen LogP contribution in [-0.4, -0.2) is 23.1 Å². The van der Waals surface area contributed by atoms with Gasteiger partial charge in [-0.2, -0.15) is 0 Å². The molecule has 14 heavy (non-hydrogen) atoms. The van der Waals surface area contributed by atoms with Crippen LogP contribution in [0.3, 0.4) is 0 Å². The van der Waals surface area contributed by atoms with Gasteiger partial charge in [0.15, 0.2) is 0 Å². The van der Waals surface area contributed by atoms with Crippen LogP contribution in [0, 0.1) is 5.92 Å². The zero-order valence-corrected chi connectivity index (χ0v) is 9.04. The van der Waals surface area contributed by atoms with Gasteiger partial charge in [0.2, 0.25) is 0 Å². The van der Waals surface area contributed by atoms with E-state index in [9.17, 15) is 0 Å². The Morgan fingerprint density at radius 1 is 1.21 bits per heavy atom. The highest BCUT2D eigenvalue weighted by Gasteiger charge is 1.98. The van der Waals surface area contributed by atoms with Gasteiger partial charge in [-0.3, -0.25) is 0 Å². The molecule has 0 radical (unpaired) electrons. The third-order valence-corrected chi connectivity index (χ3v) is 1.72. The summed E-state index contributed by atoms with van der Waals surface area (Å²) < 4.78 is 0. The summed E-state index contributed by atoms with van der Waals surface area (Å²) in [6.45, 7) is 8.19. The number of hydrogen-bond donors (Lipinski definition) is 2. The third kappa shape index (κ3) is 3.60. The van der Waals surface area contributed by atoms with Crippen molar-refractivity contribution < 1.29 is 0 Å². The molecule has 0 atom stereocenters. The number of hydrogen-bond acceptors (Lipinski definition) is 4. The lowest BCUT2D eigenvalue weighted by Gasteiger charge is -2.08. The Balaban J connectivity index is 2.54. The van der Waals surface area contributed by atoms with Crippen LogP contribution in [-0.2, 0) is 0 Å². The van der Waals surface area contributed by atoms with Crippen molar-refractivity contribution in [2.45, 2.75) is 20.8 Å². The minimum Gasteiger partial charge on any atom is -0.370 e. The van der Waals surface area contributed by atoms with Gasteiger partial charge >= 0.3 is 0 Å². The Kier molecular flexibility index (Phi) is 4.16. The molecule has 1 heterocycles. The molecule has 0 aliphatic heterocycles. The largest absolute Gasteiger partial charge is 0.370 e. The monoisotopic (exact) mass is 194 g/mol. The zero-order chi connectivity index (χ0) is 10.4. The minimum atomic E-state index is 0.618. The first kappa shape index (κ1) is 10.8. The van der Waals surface area contributed by atoms with E-state index in [1.165, 1.54) is 0 Å². The molecule has 2 N–H and O–H groups in total. The van der Waals surface area contributed by atoms with Crippen LogP contribution >= 0.6 is 0 Å². The van der Waals surface area contributed by atoms with E-state index in [2.05, 4.69) is 34.4 Å². The average Bonchev–Trinajstić information content (AvgIpc) is 2.16. The van der Waals surface area contributed by atoms with Gasteiger partial charge in [-0.15, -0.1) is 0 Å². The van der Waals surface area contributed by atoms with Crippen LogP contribution in [0.1, 0.15) is 20.8 Å². The molecule has 0 bridgehead atoms. The van der Waals surface area contributed by atoms with Crippen LogP contribution in [0.25, 0.3) is 0 Å². The van der Waals surface area contributed by atoms with Crippen molar-refractivity contribution in [3.63, 3.8) is 0 Å². The van der Waals surface area contributed by atoms with Gasteiger partial charge in [0.1, 0.15) is 18.0 Å². The summed E-state index contributed by atoms with van der Waals surface area (Å²) >= 11 is 0. The number of nitrogens with zero attached hydrogens (tertiary/aromatic N) is 2. The number of anilines is 2. The molecule has 0 spiro atoms. The number of aromatic nitrogens is 2. The molecular formula is C10H18N4. The zero-order valence-electron chi connectivity index (χ0n) is 9.04. The van der Waals surface area contributed by atoms with Crippen molar-refractivity contribution in [3.05, 3.63) is 12.4 Å². The Hall–Kier alpha value is -1.32. The molecular weight excluding hydrogens is 176 g/mol. The molecule has 0 saturated heterocycles. The molecule has 0 aromatic carbocycles. The molecule has 1 aromatic rings. The van der Waals surface area contributed by atoms with Crippen molar-refractivity contribution in [2.24, 2.45) is 5.92 Å². The topological polar surface area (TPSA) is 49.8 Å². The highest BCUT2D eigenvalue weighted by molar-refractivity contribution is 5.46. The molecule has 4 heteroatoms. The second-order valence-electron chi connectivity index (χ2n) is 3.59. The Labute approximate surface area is 85.2 Å². The molecule has 78 valence electrons.